The fraction of sp³-hybridized carbons (Fsp3) is 0.300. The molecule has 1 aromatic carbocycles. The monoisotopic (exact) mass is 200 g/mol. The lowest BCUT2D eigenvalue weighted by atomic mass is 10.0. The summed E-state index contributed by atoms with van der Waals surface area (Å²) in [5.41, 5.74) is 1.30. The van der Waals surface area contributed by atoms with Crippen LogP contribution in [0.5, 0.6) is 0 Å². The van der Waals surface area contributed by atoms with Crippen molar-refractivity contribution in [3.05, 3.63) is 34.6 Å². The second kappa shape index (κ2) is 3.88. The standard InChI is InChI=1S/C10H10ClFO/c1-6-3-4-8(9(13)5-11)7(2)10(6)12/h3-4H,5H2,1-2H3. The van der Waals surface area contributed by atoms with Crippen molar-refractivity contribution in [3.8, 4) is 0 Å². The molecule has 3 heteroatoms. The quantitative estimate of drug-likeness (QED) is 0.530. The van der Waals surface area contributed by atoms with Crippen LogP contribution in [-0.4, -0.2) is 11.7 Å². The Balaban J connectivity index is 3.26. The van der Waals surface area contributed by atoms with Gasteiger partial charge in [0, 0.05) is 5.56 Å². The molecule has 70 valence electrons. The van der Waals surface area contributed by atoms with Crippen molar-refractivity contribution in [1.82, 2.24) is 0 Å². The molecule has 1 aromatic rings. The summed E-state index contributed by atoms with van der Waals surface area (Å²) >= 11 is 5.38. The van der Waals surface area contributed by atoms with Crippen LogP contribution in [0.3, 0.4) is 0 Å². The highest BCUT2D eigenvalue weighted by Crippen LogP contribution is 2.17. The molecule has 1 rings (SSSR count). The minimum atomic E-state index is -0.323. The zero-order valence-corrected chi connectivity index (χ0v) is 8.28. The van der Waals surface area contributed by atoms with Crippen LogP contribution in [0, 0.1) is 19.7 Å². The lowest BCUT2D eigenvalue weighted by Crippen LogP contribution is -2.05. The number of Topliss-reactive ketones (excluding diaryl/α,β-unsaturated/α-hetero) is 1. The summed E-state index contributed by atoms with van der Waals surface area (Å²) < 4.78 is 13.3. The van der Waals surface area contributed by atoms with Crippen molar-refractivity contribution in [3.63, 3.8) is 0 Å². The van der Waals surface area contributed by atoms with E-state index in [0.717, 1.165) is 0 Å². The first-order chi connectivity index (χ1) is 6.07. The number of halogens is 2. The van der Waals surface area contributed by atoms with Crippen molar-refractivity contribution in [2.45, 2.75) is 13.8 Å². The van der Waals surface area contributed by atoms with Crippen molar-refractivity contribution >= 4 is 17.4 Å². The molecule has 0 spiro atoms. The number of hydrogen-bond donors (Lipinski definition) is 0. The minimum Gasteiger partial charge on any atom is -0.293 e. The SMILES string of the molecule is Cc1ccc(C(=O)CCl)c(C)c1F. The van der Waals surface area contributed by atoms with Crippen molar-refractivity contribution in [2.24, 2.45) is 0 Å². The van der Waals surface area contributed by atoms with Crippen molar-refractivity contribution < 1.29 is 9.18 Å². The summed E-state index contributed by atoms with van der Waals surface area (Å²) in [6.07, 6.45) is 0. The van der Waals surface area contributed by atoms with Crippen LogP contribution in [0.15, 0.2) is 12.1 Å². The number of ketones is 1. The highest BCUT2D eigenvalue weighted by molar-refractivity contribution is 6.30. The normalized spacial score (nSPS) is 10.2. The number of alkyl halides is 1. The lowest BCUT2D eigenvalue weighted by molar-refractivity contribution is 0.102. The molecule has 0 bridgehead atoms. The van der Waals surface area contributed by atoms with Gasteiger partial charge in [-0.1, -0.05) is 12.1 Å². The maximum Gasteiger partial charge on any atom is 0.177 e. The average Bonchev–Trinajstić information content (AvgIpc) is 2.13. The number of carbonyl (C=O) groups excluding carboxylic acids is 1. The Morgan fingerprint density at radius 2 is 2.08 bits per heavy atom. The number of rotatable bonds is 2. The van der Waals surface area contributed by atoms with E-state index in [4.69, 9.17) is 11.6 Å². The first-order valence-corrected chi connectivity index (χ1v) is 4.46. The smallest absolute Gasteiger partial charge is 0.177 e. The zero-order chi connectivity index (χ0) is 10.0. The summed E-state index contributed by atoms with van der Waals surface area (Å²) in [6, 6.07) is 3.20. The highest BCUT2D eigenvalue weighted by Gasteiger charge is 2.12. The van der Waals surface area contributed by atoms with Gasteiger partial charge in [0.15, 0.2) is 5.78 Å². The molecular weight excluding hydrogens is 191 g/mol. The highest BCUT2D eigenvalue weighted by atomic mass is 35.5. The molecule has 0 atom stereocenters. The van der Waals surface area contributed by atoms with Gasteiger partial charge in [-0.3, -0.25) is 4.79 Å². The van der Waals surface area contributed by atoms with Crippen LogP contribution >= 0.6 is 11.6 Å². The number of hydrogen-bond acceptors (Lipinski definition) is 1. The Hall–Kier alpha value is -0.890. The van der Waals surface area contributed by atoms with Gasteiger partial charge in [0.2, 0.25) is 0 Å². The first-order valence-electron chi connectivity index (χ1n) is 3.92. The van der Waals surface area contributed by atoms with Gasteiger partial charge in [0.05, 0.1) is 5.88 Å². The largest absolute Gasteiger partial charge is 0.293 e. The molecule has 0 aliphatic carbocycles. The zero-order valence-electron chi connectivity index (χ0n) is 7.53. The first kappa shape index (κ1) is 10.2. The van der Waals surface area contributed by atoms with Gasteiger partial charge in [-0.05, 0) is 25.0 Å². The Bertz CT molecular complexity index is 347. The molecule has 13 heavy (non-hydrogen) atoms. The predicted molar refractivity (Wildman–Crippen MR) is 50.9 cm³/mol. The topological polar surface area (TPSA) is 17.1 Å². The molecule has 0 saturated heterocycles. The maximum atomic E-state index is 13.3. The Kier molecular flexibility index (Phi) is 3.04. The number of aryl methyl sites for hydroxylation is 1. The number of benzene rings is 1. The minimum absolute atomic E-state index is 0.108. The van der Waals surface area contributed by atoms with E-state index in [9.17, 15) is 9.18 Å². The maximum absolute atomic E-state index is 13.3. The average molecular weight is 201 g/mol. The third-order valence-corrected chi connectivity index (χ3v) is 2.24. The lowest BCUT2D eigenvalue weighted by Gasteiger charge is -2.05. The molecule has 1 nitrogen and oxygen atoms in total. The van der Waals surface area contributed by atoms with Crippen molar-refractivity contribution in [1.29, 1.82) is 0 Å². The molecular formula is C10H10ClFO. The number of carbonyl (C=O) groups is 1. The molecule has 0 saturated carbocycles. The van der Waals surface area contributed by atoms with Crippen LogP contribution in [0.25, 0.3) is 0 Å². The third kappa shape index (κ3) is 1.89. The summed E-state index contributed by atoms with van der Waals surface area (Å²) in [7, 11) is 0. The third-order valence-electron chi connectivity index (χ3n) is 2.00. The van der Waals surface area contributed by atoms with Crippen LogP contribution in [0.1, 0.15) is 21.5 Å². The fourth-order valence-electron chi connectivity index (χ4n) is 1.19. The van der Waals surface area contributed by atoms with Gasteiger partial charge >= 0.3 is 0 Å². The summed E-state index contributed by atoms with van der Waals surface area (Å²) in [4.78, 5) is 11.2. The van der Waals surface area contributed by atoms with E-state index in [1.165, 1.54) is 0 Å². The van der Waals surface area contributed by atoms with E-state index in [1.807, 2.05) is 0 Å². The fourth-order valence-corrected chi connectivity index (χ4v) is 1.34. The van der Waals surface area contributed by atoms with Crippen LogP contribution in [0.2, 0.25) is 0 Å². The molecule has 0 fully saturated rings. The molecule has 0 amide bonds. The van der Waals surface area contributed by atoms with E-state index in [-0.39, 0.29) is 17.5 Å². The summed E-state index contributed by atoms with van der Waals surface area (Å²) in [6.45, 7) is 3.25. The van der Waals surface area contributed by atoms with Gasteiger partial charge in [-0.15, -0.1) is 11.6 Å². The molecule has 0 aliphatic heterocycles. The molecule has 0 aliphatic rings. The van der Waals surface area contributed by atoms with Gasteiger partial charge in [-0.2, -0.15) is 0 Å². The molecule has 0 heterocycles. The van der Waals surface area contributed by atoms with Crippen LogP contribution in [0.4, 0.5) is 4.39 Å². The Labute approximate surface area is 81.5 Å². The second-order valence-electron chi connectivity index (χ2n) is 2.93. The van der Waals surface area contributed by atoms with Gasteiger partial charge in [0.1, 0.15) is 5.82 Å². The molecule has 0 unspecified atom stereocenters. The van der Waals surface area contributed by atoms with E-state index in [0.29, 0.717) is 16.7 Å². The van der Waals surface area contributed by atoms with Crippen LogP contribution in [-0.2, 0) is 0 Å². The van der Waals surface area contributed by atoms with E-state index in [2.05, 4.69) is 0 Å². The summed E-state index contributed by atoms with van der Waals surface area (Å²) in [5, 5.41) is 0. The Morgan fingerprint density at radius 1 is 1.46 bits per heavy atom. The molecule has 0 radical (unpaired) electrons. The molecule has 0 aromatic heterocycles. The van der Waals surface area contributed by atoms with Gasteiger partial charge in [-0.25, -0.2) is 4.39 Å². The van der Waals surface area contributed by atoms with E-state index < -0.39 is 0 Å². The Morgan fingerprint density at radius 3 is 2.62 bits per heavy atom. The predicted octanol–water partition coefficient (Wildman–Crippen LogP) is 2.86. The van der Waals surface area contributed by atoms with Gasteiger partial charge in [0.25, 0.3) is 0 Å². The van der Waals surface area contributed by atoms with E-state index in [1.54, 1.807) is 26.0 Å². The second-order valence-corrected chi connectivity index (χ2v) is 3.19. The van der Waals surface area contributed by atoms with Gasteiger partial charge < -0.3 is 0 Å². The van der Waals surface area contributed by atoms with E-state index >= 15 is 0 Å². The van der Waals surface area contributed by atoms with Crippen molar-refractivity contribution in [2.75, 3.05) is 5.88 Å². The van der Waals surface area contributed by atoms with Crippen LogP contribution < -0.4 is 0 Å². The summed E-state index contributed by atoms with van der Waals surface area (Å²) in [5.74, 6) is -0.669. The molecule has 0 N–H and O–H groups in total.